The molecule has 0 unspecified atom stereocenters. The fourth-order valence-corrected chi connectivity index (χ4v) is 6.41. The van der Waals surface area contributed by atoms with Crippen LogP contribution in [0.4, 0.5) is 23.0 Å². The van der Waals surface area contributed by atoms with Crippen molar-refractivity contribution in [1.82, 2.24) is 15.0 Å². The zero-order valence-corrected chi connectivity index (χ0v) is 24.1. The Kier molecular flexibility index (Phi) is 7.63. The number of thiophene rings is 3. The lowest BCUT2D eigenvalue weighted by Crippen LogP contribution is -2.15. The van der Waals surface area contributed by atoms with Crippen molar-refractivity contribution in [3.63, 3.8) is 0 Å². The number of rotatable bonds is 8. The second-order valence-electron chi connectivity index (χ2n) is 8.91. The van der Waals surface area contributed by atoms with Crippen molar-refractivity contribution in [3.8, 4) is 20.3 Å². The minimum atomic E-state index is -0.351. The van der Waals surface area contributed by atoms with Crippen molar-refractivity contribution in [2.75, 3.05) is 16.0 Å². The molecule has 0 aliphatic heterocycles. The minimum Gasteiger partial charge on any atom is -0.324 e. The molecule has 3 N–H and O–H groups in total. The van der Waals surface area contributed by atoms with E-state index in [4.69, 9.17) is 0 Å². The lowest BCUT2D eigenvalue weighted by atomic mass is 10.1. The summed E-state index contributed by atoms with van der Waals surface area (Å²) in [6, 6.07) is 20.8. The van der Waals surface area contributed by atoms with E-state index in [1.807, 2.05) is 72.3 Å². The summed E-state index contributed by atoms with van der Waals surface area (Å²) in [5.41, 5.74) is 3.91. The van der Waals surface area contributed by atoms with Gasteiger partial charge in [-0.05, 0) is 71.8 Å². The topological polar surface area (TPSA) is 109 Å². The van der Waals surface area contributed by atoms with Crippen LogP contribution in [-0.4, -0.2) is 26.8 Å². The minimum absolute atomic E-state index is 0.253. The first kappa shape index (κ1) is 26.5. The maximum atomic E-state index is 13.1. The molecule has 0 saturated heterocycles. The van der Waals surface area contributed by atoms with Gasteiger partial charge in [0, 0.05) is 33.5 Å². The summed E-state index contributed by atoms with van der Waals surface area (Å²) in [6.45, 7) is 1.96. The third-order valence-corrected chi connectivity index (χ3v) is 9.07. The first-order valence-electron chi connectivity index (χ1n) is 12.5. The van der Waals surface area contributed by atoms with E-state index >= 15 is 0 Å². The summed E-state index contributed by atoms with van der Waals surface area (Å²) >= 11 is 4.66. The highest BCUT2D eigenvalue weighted by Crippen LogP contribution is 2.32. The predicted molar refractivity (Wildman–Crippen MR) is 168 cm³/mol. The SMILES string of the molecule is Cc1ccc(NC(=O)c2cncc(NC(=O)c3ccc(-c4cccs4)s3)c2)cc1Nc1nccc(-c2cccs2)n1. The van der Waals surface area contributed by atoms with E-state index in [1.54, 1.807) is 41.0 Å². The van der Waals surface area contributed by atoms with Crippen molar-refractivity contribution < 1.29 is 9.59 Å². The van der Waals surface area contributed by atoms with Gasteiger partial charge < -0.3 is 16.0 Å². The van der Waals surface area contributed by atoms with E-state index in [-0.39, 0.29) is 11.8 Å². The summed E-state index contributed by atoms with van der Waals surface area (Å²) < 4.78 is 0. The molecule has 5 heterocycles. The number of nitrogens with zero attached hydrogens (tertiary/aromatic N) is 3. The van der Waals surface area contributed by atoms with Crippen molar-refractivity contribution in [1.29, 1.82) is 0 Å². The summed E-state index contributed by atoms with van der Waals surface area (Å²) in [6.07, 6.45) is 4.69. The first-order chi connectivity index (χ1) is 20.0. The lowest BCUT2D eigenvalue weighted by molar-refractivity contribution is 0.101. The van der Waals surface area contributed by atoms with Gasteiger partial charge in [-0.15, -0.1) is 34.0 Å². The van der Waals surface area contributed by atoms with Crippen LogP contribution < -0.4 is 16.0 Å². The summed E-state index contributed by atoms with van der Waals surface area (Å²) in [5.74, 6) is -0.143. The fourth-order valence-electron chi connectivity index (χ4n) is 3.97. The third-order valence-electron chi connectivity index (χ3n) is 6.02. The average Bonchev–Trinajstić information content (AvgIpc) is 3.78. The molecule has 202 valence electrons. The smallest absolute Gasteiger partial charge is 0.265 e. The first-order valence-corrected chi connectivity index (χ1v) is 15.1. The maximum Gasteiger partial charge on any atom is 0.265 e. The number of carbonyl (C=O) groups excluding carboxylic acids is 2. The van der Waals surface area contributed by atoms with E-state index in [9.17, 15) is 9.59 Å². The molecule has 8 nitrogen and oxygen atoms in total. The molecule has 6 aromatic rings. The molecule has 0 saturated carbocycles. The largest absolute Gasteiger partial charge is 0.324 e. The molecule has 0 fully saturated rings. The Morgan fingerprint density at radius 1 is 0.780 bits per heavy atom. The molecule has 6 rings (SSSR count). The highest BCUT2D eigenvalue weighted by molar-refractivity contribution is 7.22. The van der Waals surface area contributed by atoms with Crippen molar-refractivity contribution in [3.05, 3.63) is 112 Å². The van der Waals surface area contributed by atoms with Crippen LogP contribution >= 0.6 is 34.0 Å². The van der Waals surface area contributed by atoms with Crippen LogP contribution in [0.1, 0.15) is 25.6 Å². The summed E-state index contributed by atoms with van der Waals surface area (Å²) in [7, 11) is 0. The predicted octanol–water partition coefficient (Wildman–Crippen LogP) is 7.95. The Morgan fingerprint density at radius 3 is 2.39 bits per heavy atom. The molecule has 5 aromatic heterocycles. The monoisotopic (exact) mass is 594 g/mol. The van der Waals surface area contributed by atoms with E-state index in [0.29, 0.717) is 27.8 Å². The molecular weight excluding hydrogens is 573 g/mol. The lowest BCUT2D eigenvalue weighted by Gasteiger charge is -2.12. The molecule has 0 aliphatic rings. The number of anilines is 4. The molecule has 0 bridgehead atoms. The fraction of sp³-hybridized carbons (Fsp3) is 0.0333. The van der Waals surface area contributed by atoms with Gasteiger partial charge in [-0.2, -0.15) is 0 Å². The quantitative estimate of drug-likeness (QED) is 0.165. The van der Waals surface area contributed by atoms with Crippen LogP contribution in [0.15, 0.2) is 96.1 Å². The summed E-state index contributed by atoms with van der Waals surface area (Å²) in [4.78, 5) is 42.8. The van der Waals surface area contributed by atoms with Gasteiger partial charge in [0.2, 0.25) is 5.95 Å². The van der Waals surface area contributed by atoms with Gasteiger partial charge in [-0.3, -0.25) is 14.6 Å². The van der Waals surface area contributed by atoms with Crippen LogP contribution in [0, 0.1) is 6.92 Å². The molecule has 0 atom stereocenters. The number of amides is 2. The molecule has 41 heavy (non-hydrogen) atoms. The maximum absolute atomic E-state index is 13.1. The van der Waals surface area contributed by atoms with Crippen LogP contribution in [0.2, 0.25) is 0 Å². The number of nitrogens with one attached hydrogen (secondary N) is 3. The van der Waals surface area contributed by atoms with Crippen LogP contribution in [-0.2, 0) is 0 Å². The van der Waals surface area contributed by atoms with Crippen molar-refractivity contribution in [2.45, 2.75) is 6.92 Å². The Labute approximate surface area is 247 Å². The molecular formula is C30H22N6O2S3. The van der Waals surface area contributed by atoms with Crippen LogP contribution in [0.25, 0.3) is 20.3 Å². The van der Waals surface area contributed by atoms with Gasteiger partial charge in [0.25, 0.3) is 11.8 Å². The van der Waals surface area contributed by atoms with Gasteiger partial charge in [0.1, 0.15) is 0 Å². The zero-order chi connectivity index (χ0) is 28.2. The molecule has 0 radical (unpaired) electrons. The van der Waals surface area contributed by atoms with Gasteiger partial charge in [-0.25, -0.2) is 9.97 Å². The van der Waals surface area contributed by atoms with E-state index in [0.717, 1.165) is 31.6 Å². The Morgan fingerprint density at radius 2 is 1.59 bits per heavy atom. The molecule has 0 spiro atoms. The number of benzene rings is 1. The van der Waals surface area contributed by atoms with E-state index < -0.39 is 0 Å². The summed E-state index contributed by atoms with van der Waals surface area (Å²) in [5, 5.41) is 13.0. The normalized spacial score (nSPS) is 10.8. The number of hydrogen-bond acceptors (Lipinski definition) is 9. The van der Waals surface area contributed by atoms with Crippen molar-refractivity contribution >= 4 is 68.8 Å². The van der Waals surface area contributed by atoms with E-state index in [1.165, 1.54) is 23.7 Å². The number of aryl methyl sites for hydroxylation is 1. The number of pyridine rings is 1. The Hall–Kier alpha value is -4.71. The van der Waals surface area contributed by atoms with Crippen LogP contribution in [0.3, 0.4) is 0 Å². The van der Waals surface area contributed by atoms with Gasteiger partial charge in [0.05, 0.1) is 32.9 Å². The molecule has 0 aliphatic carbocycles. The van der Waals surface area contributed by atoms with Gasteiger partial charge in [0.15, 0.2) is 0 Å². The van der Waals surface area contributed by atoms with Crippen LogP contribution in [0.5, 0.6) is 0 Å². The second kappa shape index (κ2) is 11.8. The Bertz CT molecular complexity index is 1830. The highest BCUT2D eigenvalue weighted by atomic mass is 32.1. The van der Waals surface area contributed by atoms with E-state index in [2.05, 4.69) is 30.9 Å². The molecule has 2 amide bonds. The third kappa shape index (κ3) is 6.22. The number of hydrogen-bond donors (Lipinski definition) is 3. The van der Waals surface area contributed by atoms with Gasteiger partial charge in [-0.1, -0.05) is 18.2 Å². The molecule has 11 heteroatoms. The van der Waals surface area contributed by atoms with Crippen molar-refractivity contribution in [2.24, 2.45) is 0 Å². The molecule has 1 aromatic carbocycles. The second-order valence-corrected chi connectivity index (χ2v) is 11.9. The standard InChI is InChI=1S/C30H22N6O2S3/c1-18-6-7-20(15-23(18)36-30-32-11-10-22(35-30)24-4-2-12-39-24)33-28(37)19-14-21(17-31-16-19)34-29(38)27-9-8-26(41-27)25-5-3-13-40-25/h2-17H,1H3,(H,33,37)(H,34,38)(H,32,35,36). The number of aromatic nitrogens is 3. The Balaban J connectivity index is 1.13. The highest BCUT2D eigenvalue weighted by Gasteiger charge is 2.14. The van der Waals surface area contributed by atoms with Gasteiger partial charge >= 0.3 is 0 Å². The average molecular weight is 595 g/mol. The zero-order valence-electron chi connectivity index (χ0n) is 21.6. The number of carbonyl (C=O) groups is 2.